The molecule has 1 aliphatic heterocycles. The second-order valence-corrected chi connectivity index (χ2v) is 6.34. The molecule has 1 amide bonds. The average molecular weight is 343 g/mol. The van der Waals surface area contributed by atoms with Crippen LogP contribution in [0.5, 0.6) is 0 Å². The standard InChI is InChI=1S/C16H23F2N3O3/c1-2-24-13-9-12(16(13)4-7-23-8-5-16)20-15(22)11-3-6-19-21(11)10-14(17)18/h3,6,12-14H,2,4-5,7-10H2,1H3,(H,20,22)/t12-,13-/m0/s1. The Kier molecular flexibility index (Phi) is 5.15. The molecule has 24 heavy (non-hydrogen) atoms. The zero-order valence-corrected chi connectivity index (χ0v) is 13.7. The first-order valence-corrected chi connectivity index (χ1v) is 8.37. The highest BCUT2D eigenvalue weighted by atomic mass is 19.3. The van der Waals surface area contributed by atoms with Gasteiger partial charge in [0.05, 0.1) is 6.10 Å². The zero-order valence-electron chi connectivity index (χ0n) is 13.7. The van der Waals surface area contributed by atoms with E-state index in [1.54, 1.807) is 0 Å². The van der Waals surface area contributed by atoms with Crippen LogP contribution in [0.1, 0.15) is 36.7 Å². The van der Waals surface area contributed by atoms with Gasteiger partial charge >= 0.3 is 0 Å². The van der Waals surface area contributed by atoms with Gasteiger partial charge in [0.2, 0.25) is 0 Å². The third-order valence-electron chi connectivity index (χ3n) is 5.14. The van der Waals surface area contributed by atoms with Gasteiger partial charge in [-0.05, 0) is 32.3 Å². The number of rotatable bonds is 6. The van der Waals surface area contributed by atoms with E-state index in [9.17, 15) is 13.6 Å². The lowest BCUT2D eigenvalue weighted by Crippen LogP contribution is -2.66. The van der Waals surface area contributed by atoms with Crippen LogP contribution in [-0.4, -0.2) is 54.1 Å². The fourth-order valence-electron chi connectivity index (χ4n) is 3.84. The van der Waals surface area contributed by atoms with Crippen molar-refractivity contribution in [2.75, 3.05) is 19.8 Å². The summed E-state index contributed by atoms with van der Waals surface area (Å²) in [4.78, 5) is 12.5. The van der Waals surface area contributed by atoms with E-state index < -0.39 is 13.0 Å². The van der Waals surface area contributed by atoms with Gasteiger partial charge in [-0.1, -0.05) is 0 Å². The normalized spacial score (nSPS) is 25.7. The molecule has 1 aliphatic carbocycles. The van der Waals surface area contributed by atoms with Crippen LogP contribution in [0.3, 0.4) is 0 Å². The second kappa shape index (κ2) is 7.14. The van der Waals surface area contributed by atoms with E-state index in [2.05, 4.69) is 10.4 Å². The van der Waals surface area contributed by atoms with E-state index >= 15 is 0 Å². The minimum absolute atomic E-state index is 0.0275. The molecule has 8 heteroatoms. The quantitative estimate of drug-likeness (QED) is 0.856. The number of halogens is 2. The number of ether oxygens (including phenoxy) is 2. The summed E-state index contributed by atoms with van der Waals surface area (Å²) in [7, 11) is 0. The summed E-state index contributed by atoms with van der Waals surface area (Å²) in [5, 5.41) is 6.81. The molecule has 2 aliphatic rings. The van der Waals surface area contributed by atoms with Crippen LogP contribution in [0, 0.1) is 5.41 Å². The van der Waals surface area contributed by atoms with Gasteiger partial charge in [-0.3, -0.25) is 9.48 Å². The highest BCUT2D eigenvalue weighted by molar-refractivity contribution is 5.92. The maximum absolute atomic E-state index is 12.6. The number of nitrogens with one attached hydrogen (secondary N) is 1. The number of hydrogen-bond acceptors (Lipinski definition) is 4. The van der Waals surface area contributed by atoms with Gasteiger partial charge in [0.1, 0.15) is 12.2 Å². The van der Waals surface area contributed by atoms with E-state index in [-0.39, 0.29) is 29.2 Å². The number of amides is 1. The van der Waals surface area contributed by atoms with Gasteiger partial charge in [0, 0.05) is 37.5 Å². The number of hydrogen-bond donors (Lipinski definition) is 1. The Hall–Kier alpha value is -1.54. The molecule has 1 N–H and O–H groups in total. The maximum Gasteiger partial charge on any atom is 0.269 e. The molecule has 1 aromatic heterocycles. The fraction of sp³-hybridized carbons (Fsp3) is 0.750. The summed E-state index contributed by atoms with van der Waals surface area (Å²) in [6, 6.07) is 1.44. The number of nitrogens with zero attached hydrogens (tertiary/aromatic N) is 2. The molecule has 1 aromatic rings. The number of carbonyl (C=O) groups is 1. The van der Waals surface area contributed by atoms with Crippen molar-refractivity contribution in [3.05, 3.63) is 18.0 Å². The summed E-state index contributed by atoms with van der Waals surface area (Å²) in [5.74, 6) is -0.362. The van der Waals surface area contributed by atoms with Crippen molar-refractivity contribution in [1.29, 1.82) is 0 Å². The molecule has 0 radical (unpaired) electrons. The Morgan fingerprint density at radius 3 is 2.96 bits per heavy atom. The molecule has 1 saturated carbocycles. The summed E-state index contributed by atoms with van der Waals surface area (Å²) < 4.78 is 37.5. The van der Waals surface area contributed by atoms with Crippen LogP contribution in [0.15, 0.2) is 12.3 Å². The Morgan fingerprint density at radius 2 is 2.29 bits per heavy atom. The minimum Gasteiger partial charge on any atom is -0.381 e. The van der Waals surface area contributed by atoms with Crippen molar-refractivity contribution in [1.82, 2.24) is 15.1 Å². The highest BCUT2D eigenvalue weighted by Crippen LogP contribution is 2.50. The topological polar surface area (TPSA) is 65.4 Å². The smallest absolute Gasteiger partial charge is 0.269 e. The summed E-state index contributed by atoms with van der Waals surface area (Å²) in [6.07, 6.45) is 1.33. The predicted octanol–water partition coefficient (Wildman–Crippen LogP) is 1.85. The SMILES string of the molecule is CCO[C@H]1C[C@H](NC(=O)c2ccnn2CC(F)F)C12CCOCC2. The number of carbonyl (C=O) groups excluding carboxylic acids is 1. The molecule has 2 heterocycles. The predicted molar refractivity (Wildman–Crippen MR) is 82.0 cm³/mol. The Balaban J connectivity index is 1.69. The van der Waals surface area contributed by atoms with Gasteiger partial charge in [-0.2, -0.15) is 5.10 Å². The van der Waals surface area contributed by atoms with Crippen LogP contribution in [0.2, 0.25) is 0 Å². The Bertz CT molecular complexity index is 573. The van der Waals surface area contributed by atoms with E-state index in [4.69, 9.17) is 9.47 Å². The molecular weight excluding hydrogens is 320 g/mol. The minimum atomic E-state index is -2.55. The largest absolute Gasteiger partial charge is 0.381 e. The van der Waals surface area contributed by atoms with Crippen molar-refractivity contribution < 1.29 is 23.0 Å². The van der Waals surface area contributed by atoms with E-state index in [1.807, 2.05) is 6.92 Å². The first kappa shape index (κ1) is 17.3. The molecule has 2 atom stereocenters. The van der Waals surface area contributed by atoms with E-state index in [0.717, 1.165) is 23.9 Å². The monoisotopic (exact) mass is 343 g/mol. The van der Waals surface area contributed by atoms with Crippen LogP contribution < -0.4 is 5.32 Å². The van der Waals surface area contributed by atoms with Gasteiger partial charge < -0.3 is 14.8 Å². The molecule has 1 saturated heterocycles. The van der Waals surface area contributed by atoms with Crippen molar-refractivity contribution in [3.8, 4) is 0 Å². The Labute approximate surface area is 139 Å². The first-order chi connectivity index (χ1) is 11.6. The molecule has 6 nitrogen and oxygen atoms in total. The zero-order chi connectivity index (χ0) is 17.2. The van der Waals surface area contributed by atoms with E-state index in [0.29, 0.717) is 19.8 Å². The van der Waals surface area contributed by atoms with Gasteiger partial charge in [0.25, 0.3) is 12.3 Å². The van der Waals surface area contributed by atoms with Crippen molar-refractivity contribution in [2.24, 2.45) is 5.41 Å². The molecule has 0 bridgehead atoms. The molecule has 0 unspecified atom stereocenters. The molecule has 2 fully saturated rings. The summed E-state index contributed by atoms with van der Waals surface area (Å²) in [6.45, 7) is 3.32. The molecule has 1 spiro atoms. The summed E-state index contributed by atoms with van der Waals surface area (Å²) >= 11 is 0. The number of alkyl halides is 2. The lowest BCUT2D eigenvalue weighted by atomic mass is 9.57. The van der Waals surface area contributed by atoms with Gasteiger partial charge in [-0.15, -0.1) is 0 Å². The van der Waals surface area contributed by atoms with E-state index in [1.165, 1.54) is 12.3 Å². The second-order valence-electron chi connectivity index (χ2n) is 6.34. The molecule has 0 aromatic carbocycles. The Morgan fingerprint density at radius 1 is 1.54 bits per heavy atom. The first-order valence-electron chi connectivity index (χ1n) is 8.37. The highest BCUT2D eigenvalue weighted by Gasteiger charge is 2.56. The van der Waals surface area contributed by atoms with Crippen LogP contribution in [0.25, 0.3) is 0 Å². The van der Waals surface area contributed by atoms with Gasteiger partial charge in [-0.25, -0.2) is 8.78 Å². The molecule has 134 valence electrons. The third kappa shape index (κ3) is 3.17. The van der Waals surface area contributed by atoms with Crippen LogP contribution in [-0.2, 0) is 16.0 Å². The third-order valence-corrected chi connectivity index (χ3v) is 5.14. The van der Waals surface area contributed by atoms with Crippen molar-refractivity contribution in [3.63, 3.8) is 0 Å². The van der Waals surface area contributed by atoms with Crippen LogP contribution in [0.4, 0.5) is 8.78 Å². The van der Waals surface area contributed by atoms with Crippen molar-refractivity contribution >= 4 is 5.91 Å². The fourth-order valence-corrected chi connectivity index (χ4v) is 3.84. The summed E-state index contributed by atoms with van der Waals surface area (Å²) in [5.41, 5.74) is 0.0506. The van der Waals surface area contributed by atoms with Crippen molar-refractivity contribution in [2.45, 2.75) is 51.3 Å². The number of aromatic nitrogens is 2. The lowest BCUT2D eigenvalue weighted by Gasteiger charge is -2.57. The van der Waals surface area contributed by atoms with Crippen LogP contribution >= 0.6 is 0 Å². The molecular formula is C16H23F2N3O3. The maximum atomic E-state index is 12.6. The lowest BCUT2D eigenvalue weighted by molar-refractivity contribution is -0.170. The average Bonchev–Trinajstić information content (AvgIpc) is 3.02. The van der Waals surface area contributed by atoms with Gasteiger partial charge in [0.15, 0.2) is 0 Å². The molecule has 3 rings (SSSR count).